The second kappa shape index (κ2) is 9.55. The Morgan fingerprint density at radius 1 is 1.22 bits per heavy atom. The van der Waals surface area contributed by atoms with E-state index in [2.05, 4.69) is 62.6 Å². The third-order valence-corrected chi connectivity index (χ3v) is 4.22. The van der Waals surface area contributed by atoms with Gasteiger partial charge in [0.1, 0.15) is 5.76 Å². The van der Waals surface area contributed by atoms with Crippen molar-refractivity contribution in [3.63, 3.8) is 0 Å². The predicted molar refractivity (Wildman–Crippen MR) is 111 cm³/mol. The van der Waals surface area contributed by atoms with Gasteiger partial charge in [0, 0.05) is 35.6 Å². The Morgan fingerprint density at radius 2 is 1.93 bits per heavy atom. The van der Waals surface area contributed by atoms with Crippen molar-refractivity contribution < 1.29 is 9.21 Å². The van der Waals surface area contributed by atoms with Gasteiger partial charge in [-0.05, 0) is 24.3 Å². The maximum atomic E-state index is 12.0. The Bertz CT molecular complexity index is 778. The molecule has 0 bridgehead atoms. The summed E-state index contributed by atoms with van der Waals surface area (Å²) in [6, 6.07) is 7.46. The molecule has 1 aromatic carbocycles. The number of halogens is 1. The summed E-state index contributed by atoms with van der Waals surface area (Å²) in [4.78, 5) is 20.4. The molecule has 0 saturated carbocycles. The first-order valence-corrected chi connectivity index (χ1v) is 9.52. The summed E-state index contributed by atoms with van der Waals surface area (Å²) >= 11 is 3.37. The molecule has 1 amide bonds. The highest BCUT2D eigenvalue weighted by Crippen LogP contribution is 2.22. The molecule has 0 radical (unpaired) electrons. The number of hydrogen-bond acceptors (Lipinski definition) is 4. The molecule has 0 atom stereocenters. The number of aromatic nitrogens is 1. The third-order valence-electron chi connectivity index (χ3n) is 3.70. The topological polar surface area (TPSA) is 91.5 Å². The molecule has 0 fully saturated rings. The summed E-state index contributed by atoms with van der Waals surface area (Å²) in [5, 5.41) is 9.08. The quantitative estimate of drug-likeness (QED) is 0.477. The first-order chi connectivity index (χ1) is 12.8. The predicted octanol–water partition coefficient (Wildman–Crippen LogP) is 3.43. The van der Waals surface area contributed by atoms with Gasteiger partial charge in [0.15, 0.2) is 5.96 Å². The van der Waals surface area contributed by atoms with Crippen LogP contribution >= 0.6 is 15.9 Å². The molecule has 8 heteroatoms. The highest BCUT2D eigenvalue weighted by atomic mass is 79.9. The van der Waals surface area contributed by atoms with Crippen LogP contribution in [-0.2, 0) is 16.8 Å². The minimum absolute atomic E-state index is 0.0669. The van der Waals surface area contributed by atoms with Gasteiger partial charge in [-0.25, -0.2) is 4.98 Å². The van der Waals surface area contributed by atoms with Crippen LogP contribution in [0.2, 0.25) is 0 Å². The van der Waals surface area contributed by atoms with Crippen LogP contribution < -0.4 is 16.0 Å². The van der Waals surface area contributed by atoms with Gasteiger partial charge in [-0.3, -0.25) is 9.79 Å². The fraction of sp³-hybridized carbons (Fsp3) is 0.421. The molecule has 2 aromatic rings. The lowest BCUT2D eigenvalue weighted by Crippen LogP contribution is -2.38. The number of hydrogen-bond donors (Lipinski definition) is 3. The van der Waals surface area contributed by atoms with Crippen LogP contribution in [-0.4, -0.2) is 30.4 Å². The standard InChI is InChI=1S/C19H26BrN5O2/c1-19(2,3)15-11-23-17(27-15)12-24-18(21-4)22-10-9-16(26)25-14-7-5-13(20)6-8-14/h5-8,11H,9-10,12H2,1-4H3,(H,25,26)(H2,21,22,24). The van der Waals surface area contributed by atoms with Crippen LogP contribution in [0, 0.1) is 0 Å². The van der Waals surface area contributed by atoms with E-state index in [-0.39, 0.29) is 11.3 Å². The molecule has 0 aliphatic rings. The van der Waals surface area contributed by atoms with Gasteiger partial charge in [-0.2, -0.15) is 0 Å². The fourth-order valence-electron chi connectivity index (χ4n) is 2.17. The molecule has 0 saturated heterocycles. The summed E-state index contributed by atoms with van der Waals surface area (Å²) in [7, 11) is 1.67. The highest BCUT2D eigenvalue weighted by Gasteiger charge is 2.19. The van der Waals surface area contributed by atoms with Crippen molar-refractivity contribution in [1.29, 1.82) is 0 Å². The minimum atomic E-state index is -0.0760. The van der Waals surface area contributed by atoms with Crippen LogP contribution in [0.1, 0.15) is 38.8 Å². The van der Waals surface area contributed by atoms with Gasteiger partial charge in [-0.1, -0.05) is 36.7 Å². The SMILES string of the molecule is CN=C(NCCC(=O)Nc1ccc(Br)cc1)NCc1ncc(C(C)(C)C)o1. The summed E-state index contributed by atoms with van der Waals surface area (Å²) < 4.78 is 6.71. The number of anilines is 1. The van der Waals surface area contributed by atoms with Gasteiger partial charge >= 0.3 is 0 Å². The van der Waals surface area contributed by atoms with E-state index >= 15 is 0 Å². The summed E-state index contributed by atoms with van der Waals surface area (Å²) in [5.74, 6) is 1.95. The Balaban J connectivity index is 1.73. The summed E-state index contributed by atoms with van der Waals surface area (Å²) in [6.45, 7) is 7.10. The lowest BCUT2D eigenvalue weighted by molar-refractivity contribution is -0.116. The highest BCUT2D eigenvalue weighted by molar-refractivity contribution is 9.10. The van der Waals surface area contributed by atoms with E-state index in [0.717, 1.165) is 15.9 Å². The van der Waals surface area contributed by atoms with Crippen LogP contribution in [0.4, 0.5) is 5.69 Å². The number of oxazole rings is 1. The molecule has 7 nitrogen and oxygen atoms in total. The van der Waals surface area contributed by atoms with Crippen LogP contribution in [0.3, 0.4) is 0 Å². The molecule has 2 rings (SSSR count). The second-order valence-corrected chi connectivity index (χ2v) is 7.94. The van der Waals surface area contributed by atoms with Gasteiger partial charge < -0.3 is 20.4 Å². The van der Waals surface area contributed by atoms with E-state index < -0.39 is 0 Å². The molecular weight excluding hydrogens is 410 g/mol. The number of benzene rings is 1. The lowest BCUT2D eigenvalue weighted by atomic mass is 9.94. The Kier molecular flexibility index (Phi) is 7.41. The number of nitrogens with zero attached hydrogens (tertiary/aromatic N) is 2. The molecule has 0 spiro atoms. The first kappa shape index (κ1) is 21.0. The van der Waals surface area contributed by atoms with E-state index in [1.165, 1.54) is 0 Å². The minimum Gasteiger partial charge on any atom is -0.443 e. The van der Waals surface area contributed by atoms with Crippen molar-refractivity contribution in [3.8, 4) is 0 Å². The van der Waals surface area contributed by atoms with Gasteiger partial charge in [-0.15, -0.1) is 0 Å². The number of guanidine groups is 1. The summed E-state index contributed by atoms with van der Waals surface area (Å²) in [5.41, 5.74) is 0.692. The summed E-state index contributed by atoms with van der Waals surface area (Å²) in [6.07, 6.45) is 2.07. The Hall–Kier alpha value is -2.35. The van der Waals surface area contributed by atoms with E-state index in [9.17, 15) is 4.79 Å². The fourth-order valence-corrected chi connectivity index (χ4v) is 2.43. The van der Waals surface area contributed by atoms with Gasteiger partial charge in [0.2, 0.25) is 11.8 Å². The van der Waals surface area contributed by atoms with E-state index in [4.69, 9.17) is 4.42 Å². The zero-order valence-corrected chi connectivity index (χ0v) is 17.7. The first-order valence-electron chi connectivity index (χ1n) is 8.73. The number of carbonyl (C=O) groups excluding carboxylic acids is 1. The molecule has 0 unspecified atom stereocenters. The molecular formula is C19H26BrN5O2. The van der Waals surface area contributed by atoms with Crippen molar-refractivity contribution in [2.45, 2.75) is 39.2 Å². The van der Waals surface area contributed by atoms with E-state index in [0.29, 0.717) is 31.4 Å². The average molecular weight is 436 g/mol. The number of carbonyl (C=O) groups is 1. The van der Waals surface area contributed by atoms with Crippen molar-refractivity contribution >= 4 is 33.5 Å². The van der Waals surface area contributed by atoms with Crippen molar-refractivity contribution in [3.05, 3.63) is 46.6 Å². The second-order valence-electron chi connectivity index (χ2n) is 7.03. The van der Waals surface area contributed by atoms with E-state index in [1.807, 2.05) is 24.3 Å². The molecule has 3 N–H and O–H groups in total. The van der Waals surface area contributed by atoms with Crippen molar-refractivity contribution in [2.24, 2.45) is 4.99 Å². The number of aliphatic imine (C=N–C) groups is 1. The maximum Gasteiger partial charge on any atom is 0.226 e. The zero-order valence-electron chi connectivity index (χ0n) is 16.1. The number of rotatable bonds is 6. The number of amides is 1. The molecule has 27 heavy (non-hydrogen) atoms. The largest absolute Gasteiger partial charge is 0.443 e. The Labute approximate surface area is 168 Å². The van der Waals surface area contributed by atoms with Crippen molar-refractivity contribution in [2.75, 3.05) is 18.9 Å². The Morgan fingerprint density at radius 3 is 2.52 bits per heavy atom. The van der Waals surface area contributed by atoms with Crippen LogP contribution in [0.5, 0.6) is 0 Å². The maximum absolute atomic E-state index is 12.0. The zero-order chi connectivity index (χ0) is 19.9. The lowest BCUT2D eigenvalue weighted by Gasteiger charge is -2.13. The third kappa shape index (κ3) is 7.05. The molecule has 146 valence electrons. The van der Waals surface area contributed by atoms with Crippen LogP contribution in [0.15, 0.2) is 44.3 Å². The van der Waals surface area contributed by atoms with E-state index in [1.54, 1.807) is 13.2 Å². The molecule has 1 heterocycles. The number of nitrogens with one attached hydrogen (secondary N) is 3. The monoisotopic (exact) mass is 435 g/mol. The average Bonchev–Trinajstić information content (AvgIpc) is 3.09. The van der Waals surface area contributed by atoms with Gasteiger partial charge in [0.05, 0.1) is 12.7 Å². The van der Waals surface area contributed by atoms with Gasteiger partial charge in [0.25, 0.3) is 0 Å². The van der Waals surface area contributed by atoms with Crippen LogP contribution in [0.25, 0.3) is 0 Å². The normalized spacial score (nSPS) is 12.0. The smallest absolute Gasteiger partial charge is 0.226 e. The molecule has 0 aliphatic carbocycles. The molecule has 0 aliphatic heterocycles. The van der Waals surface area contributed by atoms with Crippen molar-refractivity contribution in [1.82, 2.24) is 15.6 Å². The molecule has 1 aromatic heterocycles.